The van der Waals surface area contributed by atoms with Crippen LogP contribution in [-0.2, 0) is 0 Å². The molecular weight excluding hydrogens is 316 g/mol. The molecule has 0 saturated heterocycles. The Morgan fingerprint density at radius 2 is 1.80 bits per heavy atom. The summed E-state index contributed by atoms with van der Waals surface area (Å²) in [6, 6.07) is 16.6. The van der Waals surface area contributed by atoms with E-state index in [2.05, 4.69) is 50.7 Å². The molecule has 0 bridgehead atoms. The number of halogens is 1. The molecular formula is C16H15BrN2O. The summed E-state index contributed by atoms with van der Waals surface area (Å²) < 4.78 is 6.26. The second-order valence-corrected chi connectivity index (χ2v) is 5.64. The largest absolute Gasteiger partial charge is 0.497 e. The smallest absolute Gasteiger partial charge is 0.118 e. The topological polar surface area (TPSA) is 33.6 Å². The fraction of sp³-hybridized carbons (Fsp3) is 0.188. The molecule has 0 aromatic heterocycles. The summed E-state index contributed by atoms with van der Waals surface area (Å²) in [5, 5.41) is 4.46. The van der Waals surface area contributed by atoms with Gasteiger partial charge in [0.2, 0.25) is 0 Å². The number of nitrogens with zero attached hydrogens (tertiary/aromatic N) is 1. The molecule has 3 nitrogen and oxygen atoms in total. The summed E-state index contributed by atoms with van der Waals surface area (Å²) in [6.07, 6.45) is 0.897. The van der Waals surface area contributed by atoms with E-state index < -0.39 is 0 Å². The fourth-order valence-corrected chi connectivity index (χ4v) is 2.56. The number of ether oxygens (including phenoxy) is 1. The van der Waals surface area contributed by atoms with E-state index in [1.807, 2.05) is 24.3 Å². The lowest BCUT2D eigenvalue weighted by Gasteiger charge is -2.10. The quantitative estimate of drug-likeness (QED) is 0.926. The summed E-state index contributed by atoms with van der Waals surface area (Å²) in [7, 11) is 1.68. The molecule has 1 aliphatic heterocycles. The summed E-state index contributed by atoms with van der Waals surface area (Å²) in [6.45, 7) is 0. The van der Waals surface area contributed by atoms with Gasteiger partial charge in [0.05, 0.1) is 18.9 Å². The Balaban J connectivity index is 1.73. The van der Waals surface area contributed by atoms with Crippen molar-refractivity contribution in [2.45, 2.75) is 12.5 Å². The Bertz CT molecular complexity index is 620. The zero-order valence-electron chi connectivity index (χ0n) is 11.1. The molecule has 0 spiro atoms. The van der Waals surface area contributed by atoms with Crippen molar-refractivity contribution in [2.75, 3.05) is 7.11 Å². The van der Waals surface area contributed by atoms with E-state index in [-0.39, 0.29) is 6.04 Å². The molecule has 1 N–H and O–H groups in total. The maximum absolute atomic E-state index is 5.18. The molecule has 20 heavy (non-hydrogen) atoms. The molecule has 0 fully saturated rings. The maximum atomic E-state index is 5.18. The third-order valence-corrected chi connectivity index (χ3v) is 3.98. The molecule has 2 aromatic rings. The van der Waals surface area contributed by atoms with Gasteiger partial charge in [-0.3, -0.25) is 0 Å². The van der Waals surface area contributed by atoms with Gasteiger partial charge in [0.1, 0.15) is 5.75 Å². The van der Waals surface area contributed by atoms with Gasteiger partial charge in [-0.15, -0.1) is 0 Å². The minimum atomic E-state index is 0.236. The zero-order chi connectivity index (χ0) is 13.9. The van der Waals surface area contributed by atoms with E-state index in [0.717, 1.165) is 27.9 Å². The summed E-state index contributed by atoms with van der Waals surface area (Å²) >= 11 is 3.45. The molecule has 4 heteroatoms. The van der Waals surface area contributed by atoms with Crippen LogP contribution in [0.1, 0.15) is 23.6 Å². The fourth-order valence-electron chi connectivity index (χ4n) is 2.29. The Morgan fingerprint density at radius 1 is 1.10 bits per heavy atom. The van der Waals surface area contributed by atoms with Crippen LogP contribution in [0.5, 0.6) is 5.75 Å². The molecule has 0 saturated carbocycles. The van der Waals surface area contributed by atoms with Gasteiger partial charge in [0.25, 0.3) is 0 Å². The van der Waals surface area contributed by atoms with E-state index in [1.54, 1.807) is 7.11 Å². The van der Waals surface area contributed by atoms with E-state index in [1.165, 1.54) is 5.56 Å². The average molecular weight is 331 g/mol. The van der Waals surface area contributed by atoms with Crippen LogP contribution in [0.2, 0.25) is 0 Å². The van der Waals surface area contributed by atoms with Gasteiger partial charge in [0.15, 0.2) is 0 Å². The minimum absolute atomic E-state index is 0.236. The highest BCUT2D eigenvalue weighted by atomic mass is 79.9. The lowest BCUT2D eigenvalue weighted by molar-refractivity contribution is 0.414. The van der Waals surface area contributed by atoms with Gasteiger partial charge in [-0.05, 0) is 35.4 Å². The molecule has 0 amide bonds. The number of hydrogen-bond donors (Lipinski definition) is 1. The number of benzene rings is 2. The normalized spacial score (nSPS) is 17.5. The van der Waals surface area contributed by atoms with Gasteiger partial charge in [-0.1, -0.05) is 40.2 Å². The molecule has 0 radical (unpaired) electrons. The standard InChI is InChI=1S/C16H15BrN2O/c1-20-14-8-4-12(5-9-14)16-10-15(18-19-16)11-2-6-13(17)7-3-11/h2-9,16,19H,10H2,1H3. The average Bonchev–Trinajstić information content (AvgIpc) is 2.98. The van der Waals surface area contributed by atoms with Crippen molar-refractivity contribution in [3.63, 3.8) is 0 Å². The zero-order valence-corrected chi connectivity index (χ0v) is 12.7. The second-order valence-electron chi connectivity index (χ2n) is 4.72. The SMILES string of the molecule is COc1ccc(C2CC(c3ccc(Br)cc3)=NN2)cc1. The summed E-state index contributed by atoms with van der Waals surface area (Å²) in [5.74, 6) is 0.876. The summed E-state index contributed by atoms with van der Waals surface area (Å²) in [4.78, 5) is 0. The molecule has 3 rings (SSSR count). The molecule has 1 atom stereocenters. The molecule has 1 aliphatic rings. The highest BCUT2D eigenvalue weighted by Crippen LogP contribution is 2.26. The first-order valence-electron chi connectivity index (χ1n) is 6.48. The van der Waals surface area contributed by atoms with Crippen molar-refractivity contribution in [3.05, 3.63) is 64.1 Å². The van der Waals surface area contributed by atoms with Gasteiger partial charge in [-0.25, -0.2) is 0 Å². The predicted octanol–water partition coefficient (Wildman–Crippen LogP) is 3.90. The van der Waals surface area contributed by atoms with Crippen LogP contribution in [0.3, 0.4) is 0 Å². The van der Waals surface area contributed by atoms with Crippen molar-refractivity contribution < 1.29 is 4.74 Å². The first kappa shape index (κ1) is 13.2. The van der Waals surface area contributed by atoms with E-state index in [4.69, 9.17) is 4.74 Å². The Kier molecular flexibility index (Phi) is 3.74. The lowest BCUT2D eigenvalue weighted by atomic mass is 9.99. The van der Waals surface area contributed by atoms with E-state index in [0.29, 0.717) is 0 Å². The van der Waals surface area contributed by atoms with Crippen molar-refractivity contribution in [2.24, 2.45) is 5.10 Å². The Hall–Kier alpha value is -1.81. The number of hydrazone groups is 1. The lowest BCUT2D eigenvalue weighted by Crippen LogP contribution is -2.09. The molecule has 0 aliphatic carbocycles. The van der Waals surface area contributed by atoms with Crippen LogP contribution in [0.4, 0.5) is 0 Å². The van der Waals surface area contributed by atoms with Crippen molar-refractivity contribution in [1.29, 1.82) is 0 Å². The minimum Gasteiger partial charge on any atom is -0.497 e. The third-order valence-electron chi connectivity index (χ3n) is 3.45. The number of nitrogens with one attached hydrogen (secondary N) is 1. The maximum Gasteiger partial charge on any atom is 0.118 e. The van der Waals surface area contributed by atoms with Crippen LogP contribution in [0, 0.1) is 0 Å². The number of methoxy groups -OCH3 is 1. The van der Waals surface area contributed by atoms with E-state index in [9.17, 15) is 0 Å². The highest BCUT2D eigenvalue weighted by molar-refractivity contribution is 9.10. The Morgan fingerprint density at radius 3 is 2.45 bits per heavy atom. The summed E-state index contributed by atoms with van der Waals surface area (Å²) in [5.41, 5.74) is 6.69. The first-order valence-corrected chi connectivity index (χ1v) is 7.27. The van der Waals surface area contributed by atoms with Crippen LogP contribution in [0.25, 0.3) is 0 Å². The van der Waals surface area contributed by atoms with Crippen LogP contribution < -0.4 is 10.2 Å². The number of rotatable bonds is 3. The molecule has 102 valence electrons. The molecule has 1 heterocycles. The second kappa shape index (κ2) is 5.67. The van der Waals surface area contributed by atoms with Gasteiger partial charge >= 0.3 is 0 Å². The van der Waals surface area contributed by atoms with E-state index >= 15 is 0 Å². The van der Waals surface area contributed by atoms with Gasteiger partial charge in [-0.2, -0.15) is 5.10 Å². The third kappa shape index (κ3) is 2.70. The monoisotopic (exact) mass is 330 g/mol. The van der Waals surface area contributed by atoms with Gasteiger partial charge in [0, 0.05) is 10.9 Å². The highest BCUT2D eigenvalue weighted by Gasteiger charge is 2.21. The van der Waals surface area contributed by atoms with Crippen LogP contribution in [0.15, 0.2) is 58.1 Å². The predicted molar refractivity (Wildman–Crippen MR) is 84.2 cm³/mol. The molecule has 2 aromatic carbocycles. The van der Waals surface area contributed by atoms with Crippen molar-refractivity contribution in [3.8, 4) is 5.75 Å². The van der Waals surface area contributed by atoms with Crippen LogP contribution in [-0.4, -0.2) is 12.8 Å². The number of hydrogen-bond acceptors (Lipinski definition) is 3. The van der Waals surface area contributed by atoms with Crippen molar-refractivity contribution in [1.82, 2.24) is 5.43 Å². The Labute approximate surface area is 126 Å². The van der Waals surface area contributed by atoms with Crippen molar-refractivity contribution >= 4 is 21.6 Å². The van der Waals surface area contributed by atoms with Gasteiger partial charge < -0.3 is 10.2 Å². The van der Waals surface area contributed by atoms with Crippen LogP contribution >= 0.6 is 15.9 Å². The first-order chi connectivity index (χ1) is 9.76. The molecule has 1 unspecified atom stereocenters.